The highest BCUT2D eigenvalue weighted by molar-refractivity contribution is 5.85. The maximum absolute atomic E-state index is 9.69. The van der Waals surface area contributed by atoms with E-state index in [1.165, 1.54) is 25.7 Å². The maximum atomic E-state index is 9.69. The van der Waals surface area contributed by atoms with Crippen molar-refractivity contribution in [1.29, 1.82) is 0 Å². The minimum Gasteiger partial charge on any atom is -0.389 e. The van der Waals surface area contributed by atoms with Gasteiger partial charge in [-0.25, -0.2) is 0 Å². The van der Waals surface area contributed by atoms with Crippen LogP contribution in [-0.2, 0) is 4.74 Å². The first-order chi connectivity index (χ1) is 6.97. The molecule has 0 aliphatic heterocycles. The minimum absolute atomic E-state index is 0. The monoisotopic (exact) mass is 251 g/mol. The van der Waals surface area contributed by atoms with Crippen LogP contribution in [0.4, 0.5) is 0 Å². The maximum Gasteiger partial charge on any atom is 0.0898 e. The summed E-state index contributed by atoms with van der Waals surface area (Å²) in [6.45, 7) is 7.36. The number of aliphatic hydroxyl groups excluding tert-OH is 1. The lowest BCUT2D eigenvalue weighted by molar-refractivity contribution is -0.00714. The van der Waals surface area contributed by atoms with Gasteiger partial charge in [-0.1, -0.05) is 12.8 Å². The van der Waals surface area contributed by atoms with Crippen LogP contribution >= 0.6 is 12.4 Å². The first-order valence-electron chi connectivity index (χ1n) is 6.02. The molecule has 0 amide bonds. The number of nitrogens with one attached hydrogen (secondary N) is 1. The summed E-state index contributed by atoms with van der Waals surface area (Å²) in [4.78, 5) is 0. The minimum atomic E-state index is -0.384. The van der Waals surface area contributed by atoms with Crippen molar-refractivity contribution in [1.82, 2.24) is 5.32 Å². The molecule has 1 saturated carbocycles. The second-order valence-electron chi connectivity index (χ2n) is 5.52. The average Bonchev–Trinajstić information content (AvgIpc) is 2.62. The summed E-state index contributed by atoms with van der Waals surface area (Å²) in [6.07, 6.45) is 4.90. The number of hydrogen-bond donors (Lipinski definition) is 2. The molecule has 1 atom stereocenters. The Kier molecular flexibility index (Phi) is 7.57. The summed E-state index contributed by atoms with van der Waals surface area (Å²) in [5, 5.41) is 13.0. The van der Waals surface area contributed by atoms with E-state index in [0.717, 1.165) is 0 Å². The Bertz CT molecular complexity index is 176. The standard InChI is InChI=1S/C12H25NO2.ClH/c1-12(2,3)13-8-10(14)9-15-11-6-4-5-7-11;/h10-11,13-14H,4-9H2,1-3H3;1H. The molecule has 0 bridgehead atoms. The van der Waals surface area contributed by atoms with Crippen LogP contribution in [-0.4, -0.2) is 36.0 Å². The molecule has 0 saturated heterocycles. The Hall–Kier alpha value is 0.170. The third-order valence-electron chi connectivity index (χ3n) is 2.69. The van der Waals surface area contributed by atoms with E-state index in [1.807, 2.05) is 0 Å². The van der Waals surface area contributed by atoms with Gasteiger partial charge in [-0.05, 0) is 33.6 Å². The lowest BCUT2D eigenvalue weighted by atomic mass is 10.1. The molecule has 0 radical (unpaired) electrons. The largest absolute Gasteiger partial charge is 0.389 e. The van der Waals surface area contributed by atoms with Crippen LogP contribution in [0.15, 0.2) is 0 Å². The van der Waals surface area contributed by atoms with Crippen molar-refractivity contribution in [3.8, 4) is 0 Å². The highest BCUT2D eigenvalue weighted by Gasteiger charge is 2.17. The fourth-order valence-electron chi connectivity index (χ4n) is 1.79. The van der Waals surface area contributed by atoms with Gasteiger partial charge in [-0.15, -0.1) is 12.4 Å². The normalized spacial score (nSPS) is 19.5. The summed E-state index contributed by atoms with van der Waals surface area (Å²) in [6, 6.07) is 0. The highest BCUT2D eigenvalue weighted by atomic mass is 35.5. The summed E-state index contributed by atoms with van der Waals surface area (Å²) < 4.78 is 5.64. The summed E-state index contributed by atoms with van der Waals surface area (Å²) in [5.74, 6) is 0. The molecular weight excluding hydrogens is 226 g/mol. The van der Waals surface area contributed by atoms with Gasteiger partial charge in [0.05, 0.1) is 18.8 Å². The topological polar surface area (TPSA) is 41.5 Å². The molecule has 16 heavy (non-hydrogen) atoms. The predicted octanol–water partition coefficient (Wildman–Crippen LogP) is 2.12. The van der Waals surface area contributed by atoms with Gasteiger partial charge in [0.15, 0.2) is 0 Å². The first-order valence-corrected chi connectivity index (χ1v) is 6.02. The van der Waals surface area contributed by atoms with Gasteiger partial charge < -0.3 is 15.2 Å². The van der Waals surface area contributed by atoms with Crippen molar-refractivity contribution >= 4 is 12.4 Å². The first kappa shape index (κ1) is 16.2. The van der Waals surface area contributed by atoms with Crippen molar-refractivity contribution < 1.29 is 9.84 Å². The number of β-amino-alcohol motifs (C(OH)–C–C–N with tert-alkyl or cyclic N) is 1. The molecule has 1 aliphatic carbocycles. The van der Waals surface area contributed by atoms with Crippen LogP contribution in [0, 0.1) is 0 Å². The molecule has 1 rings (SSSR count). The van der Waals surface area contributed by atoms with E-state index in [-0.39, 0.29) is 24.0 Å². The van der Waals surface area contributed by atoms with Gasteiger partial charge in [-0.2, -0.15) is 0 Å². The van der Waals surface area contributed by atoms with Crippen molar-refractivity contribution in [3.63, 3.8) is 0 Å². The molecule has 0 spiro atoms. The Balaban J connectivity index is 0.00000225. The van der Waals surface area contributed by atoms with E-state index in [0.29, 0.717) is 19.3 Å². The summed E-state index contributed by atoms with van der Waals surface area (Å²) in [7, 11) is 0. The van der Waals surface area contributed by atoms with Crippen LogP contribution in [0.3, 0.4) is 0 Å². The number of ether oxygens (including phenoxy) is 1. The molecule has 98 valence electrons. The number of halogens is 1. The van der Waals surface area contributed by atoms with Crippen molar-refractivity contribution in [3.05, 3.63) is 0 Å². The quantitative estimate of drug-likeness (QED) is 0.787. The zero-order chi connectivity index (χ0) is 11.3. The van der Waals surface area contributed by atoms with Gasteiger partial charge >= 0.3 is 0 Å². The van der Waals surface area contributed by atoms with Crippen LogP contribution in [0.25, 0.3) is 0 Å². The molecule has 1 fully saturated rings. The van der Waals surface area contributed by atoms with E-state index in [1.54, 1.807) is 0 Å². The second kappa shape index (κ2) is 7.49. The lowest BCUT2D eigenvalue weighted by Crippen LogP contribution is -2.42. The molecule has 0 aromatic carbocycles. The zero-order valence-corrected chi connectivity index (χ0v) is 11.5. The SMILES string of the molecule is CC(C)(C)NCC(O)COC1CCCC1.Cl. The Labute approximate surface area is 105 Å². The van der Waals surface area contributed by atoms with Crippen LogP contribution in [0.5, 0.6) is 0 Å². The number of aliphatic hydroxyl groups is 1. The van der Waals surface area contributed by atoms with Crippen LogP contribution < -0.4 is 5.32 Å². The second-order valence-corrected chi connectivity index (χ2v) is 5.52. The van der Waals surface area contributed by atoms with Crippen molar-refractivity contribution in [2.45, 2.75) is 64.2 Å². The third-order valence-corrected chi connectivity index (χ3v) is 2.69. The molecule has 4 heteroatoms. The van der Waals surface area contributed by atoms with Crippen molar-refractivity contribution in [2.24, 2.45) is 0 Å². The summed E-state index contributed by atoms with van der Waals surface area (Å²) >= 11 is 0. The molecule has 3 nitrogen and oxygen atoms in total. The van der Waals surface area contributed by atoms with E-state index in [2.05, 4.69) is 26.1 Å². The molecule has 1 unspecified atom stereocenters. The predicted molar refractivity (Wildman–Crippen MR) is 69.2 cm³/mol. The number of hydrogen-bond acceptors (Lipinski definition) is 3. The van der Waals surface area contributed by atoms with Gasteiger partial charge in [-0.3, -0.25) is 0 Å². The Morgan fingerprint density at radius 3 is 2.38 bits per heavy atom. The van der Waals surface area contributed by atoms with Gasteiger partial charge in [0.2, 0.25) is 0 Å². The van der Waals surface area contributed by atoms with E-state index < -0.39 is 0 Å². The fraction of sp³-hybridized carbons (Fsp3) is 1.00. The molecule has 2 N–H and O–H groups in total. The highest BCUT2D eigenvalue weighted by Crippen LogP contribution is 2.20. The Morgan fingerprint density at radius 1 is 1.31 bits per heavy atom. The van der Waals surface area contributed by atoms with Gasteiger partial charge in [0.25, 0.3) is 0 Å². The van der Waals surface area contributed by atoms with Crippen LogP contribution in [0.2, 0.25) is 0 Å². The van der Waals surface area contributed by atoms with Gasteiger partial charge in [0.1, 0.15) is 0 Å². The van der Waals surface area contributed by atoms with E-state index in [4.69, 9.17) is 4.74 Å². The Morgan fingerprint density at radius 2 is 1.88 bits per heavy atom. The van der Waals surface area contributed by atoms with Crippen molar-refractivity contribution in [2.75, 3.05) is 13.2 Å². The van der Waals surface area contributed by atoms with E-state index >= 15 is 0 Å². The third kappa shape index (κ3) is 7.44. The zero-order valence-electron chi connectivity index (χ0n) is 10.7. The molecule has 1 aliphatic rings. The number of rotatable bonds is 5. The smallest absolute Gasteiger partial charge is 0.0898 e. The fourth-order valence-corrected chi connectivity index (χ4v) is 1.79. The van der Waals surface area contributed by atoms with Gasteiger partial charge in [0, 0.05) is 12.1 Å². The van der Waals surface area contributed by atoms with E-state index in [9.17, 15) is 5.11 Å². The molecule has 0 heterocycles. The molecular formula is C12H26ClNO2. The lowest BCUT2D eigenvalue weighted by Gasteiger charge is -2.23. The van der Waals surface area contributed by atoms with Crippen LogP contribution in [0.1, 0.15) is 46.5 Å². The average molecular weight is 252 g/mol. The summed E-state index contributed by atoms with van der Waals surface area (Å²) in [5.41, 5.74) is 0.0638. The molecule has 0 aromatic heterocycles. The molecule has 0 aromatic rings.